The summed E-state index contributed by atoms with van der Waals surface area (Å²) < 4.78 is 5.42. The van der Waals surface area contributed by atoms with Crippen LogP contribution < -0.4 is 4.74 Å². The van der Waals surface area contributed by atoms with Crippen molar-refractivity contribution in [1.29, 1.82) is 0 Å². The van der Waals surface area contributed by atoms with Crippen LogP contribution in [0.1, 0.15) is 46.0 Å². The van der Waals surface area contributed by atoms with Crippen molar-refractivity contribution in [3.8, 4) is 5.75 Å². The van der Waals surface area contributed by atoms with Crippen LogP contribution in [0.4, 0.5) is 0 Å². The van der Waals surface area contributed by atoms with E-state index in [4.69, 9.17) is 4.74 Å². The van der Waals surface area contributed by atoms with Crippen molar-refractivity contribution in [3.63, 3.8) is 0 Å². The largest absolute Gasteiger partial charge is 0.494 e. The van der Waals surface area contributed by atoms with Crippen LogP contribution in [0.2, 0.25) is 0 Å². The Morgan fingerprint density at radius 1 is 1.07 bits per heavy atom. The zero-order valence-corrected chi connectivity index (χ0v) is 15.6. The van der Waals surface area contributed by atoms with Crippen molar-refractivity contribution in [2.24, 2.45) is 5.92 Å². The van der Waals surface area contributed by atoms with Gasteiger partial charge < -0.3 is 14.7 Å². The molecule has 2 aromatic rings. The Morgan fingerprint density at radius 3 is 2.37 bits per heavy atom. The number of carboxylic acids is 1. The van der Waals surface area contributed by atoms with Crippen LogP contribution in [-0.2, 0) is 6.42 Å². The van der Waals surface area contributed by atoms with Gasteiger partial charge >= 0.3 is 5.97 Å². The van der Waals surface area contributed by atoms with Gasteiger partial charge in [-0.1, -0.05) is 18.2 Å². The van der Waals surface area contributed by atoms with Gasteiger partial charge in [-0.05, 0) is 68.0 Å². The summed E-state index contributed by atoms with van der Waals surface area (Å²) in [6.45, 7) is 3.93. The number of rotatable bonds is 6. The van der Waals surface area contributed by atoms with Gasteiger partial charge in [0.2, 0.25) is 0 Å². The quantitative estimate of drug-likeness (QED) is 0.841. The van der Waals surface area contributed by atoms with E-state index in [0.29, 0.717) is 36.7 Å². The molecule has 5 nitrogen and oxygen atoms in total. The SMILES string of the molecule is CCOc1ccc(C(=O)N2CCC(Cc3ccccc3C(=O)O)CC2)cc1. The molecule has 0 atom stereocenters. The Hall–Kier alpha value is -2.82. The highest BCUT2D eigenvalue weighted by Crippen LogP contribution is 2.25. The highest BCUT2D eigenvalue weighted by atomic mass is 16.5. The average Bonchev–Trinajstić information content (AvgIpc) is 2.69. The molecule has 1 fully saturated rings. The highest BCUT2D eigenvalue weighted by molar-refractivity contribution is 5.94. The summed E-state index contributed by atoms with van der Waals surface area (Å²) in [6.07, 6.45) is 2.51. The second-order valence-corrected chi connectivity index (χ2v) is 6.86. The van der Waals surface area contributed by atoms with Gasteiger partial charge in [0.15, 0.2) is 0 Å². The summed E-state index contributed by atoms with van der Waals surface area (Å²) in [6, 6.07) is 14.4. The molecular formula is C22H25NO4. The molecule has 1 heterocycles. The first-order valence-corrected chi connectivity index (χ1v) is 9.41. The van der Waals surface area contributed by atoms with Crippen LogP contribution in [0.5, 0.6) is 5.75 Å². The van der Waals surface area contributed by atoms with Gasteiger partial charge in [0.25, 0.3) is 5.91 Å². The van der Waals surface area contributed by atoms with Crippen LogP contribution >= 0.6 is 0 Å². The van der Waals surface area contributed by atoms with E-state index in [-0.39, 0.29) is 5.91 Å². The topological polar surface area (TPSA) is 66.8 Å². The van der Waals surface area contributed by atoms with Gasteiger partial charge in [-0.15, -0.1) is 0 Å². The fourth-order valence-corrected chi connectivity index (χ4v) is 3.60. The maximum Gasteiger partial charge on any atom is 0.335 e. The van der Waals surface area contributed by atoms with Gasteiger partial charge in [0.05, 0.1) is 12.2 Å². The molecule has 3 rings (SSSR count). The van der Waals surface area contributed by atoms with Crippen LogP contribution in [0.3, 0.4) is 0 Å². The molecule has 0 spiro atoms. The molecule has 0 saturated carbocycles. The number of amides is 1. The van der Waals surface area contributed by atoms with E-state index < -0.39 is 5.97 Å². The minimum atomic E-state index is -0.881. The number of carboxylic acid groups (broad SMARTS) is 1. The number of hydrogen-bond donors (Lipinski definition) is 1. The summed E-state index contributed by atoms with van der Waals surface area (Å²) in [5.74, 6) is 0.330. The van der Waals surface area contributed by atoms with Crippen LogP contribution in [0, 0.1) is 5.92 Å². The Morgan fingerprint density at radius 2 is 1.74 bits per heavy atom. The molecule has 1 aliphatic heterocycles. The Kier molecular flexibility index (Phi) is 6.12. The minimum Gasteiger partial charge on any atom is -0.494 e. The first-order chi connectivity index (χ1) is 13.1. The monoisotopic (exact) mass is 367 g/mol. The number of hydrogen-bond acceptors (Lipinski definition) is 3. The lowest BCUT2D eigenvalue weighted by molar-refractivity contribution is 0.0690. The third kappa shape index (κ3) is 4.67. The van der Waals surface area contributed by atoms with Crippen molar-refractivity contribution in [1.82, 2.24) is 4.90 Å². The molecule has 0 aromatic heterocycles. The lowest BCUT2D eigenvalue weighted by Gasteiger charge is -2.32. The molecule has 0 bridgehead atoms. The van der Waals surface area contributed by atoms with E-state index in [1.54, 1.807) is 12.1 Å². The summed E-state index contributed by atoms with van der Waals surface area (Å²) in [5, 5.41) is 9.33. The minimum absolute atomic E-state index is 0.0439. The fourth-order valence-electron chi connectivity index (χ4n) is 3.60. The number of piperidine rings is 1. The van der Waals surface area contributed by atoms with E-state index >= 15 is 0 Å². The van der Waals surface area contributed by atoms with Crippen LogP contribution in [0.15, 0.2) is 48.5 Å². The fraction of sp³-hybridized carbons (Fsp3) is 0.364. The molecule has 0 radical (unpaired) electrons. The summed E-state index contributed by atoms with van der Waals surface area (Å²) >= 11 is 0. The second-order valence-electron chi connectivity index (χ2n) is 6.86. The highest BCUT2D eigenvalue weighted by Gasteiger charge is 2.24. The normalized spacial score (nSPS) is 14.8. The maximum atomic E-state index is 12.7. The number of likely N-dealkylation sites (tertiary alicyclic amines) is 1. The molecule has 1 N–H and O–H groups in total. The van der Waals surface area contributed by atoms with Crippen molar-refractivity contribution in [3.05, 3.63) is 65.2 Å². The zero-order chi connectivity index (χ0) is 19.2. The molecule has 1 amide bonds. The van der Waals surface area contributed by atoms with E-state index in [0.717, 1.165) is 30.6 Å². The molecule has 142 valence electrons. The first-order valence-electron chi connectivity index (χ1n) is 9.41. The zero-order valence-electron chi connectivity index (χ0n) is 15.6. The molecule has 1 saturated heterocycles. The van der Waals surface area contributed by atoms with Crippen molar-refractivity contribution >= 4 is 11.9 Å². The summed E-state index contributed by atoms with van der Waals surface area (Å²) in [4.78, 5) is 25.9. The Labute approximate surface area is 159 Å². The van der Waals surface area contributed by atoms with E-state index in [1.807, 2.05) is 48.2 Å². The van der Waals surface area contributed by atoms with Crippen molar-refractivity contribution in [2.75, 3.05) is 19.7 Å². The predicted molar refractivity (Wildman–Crippen MR) is 103 cm³/mol. The number of ether oxygens (including phenoxy) is 1. The van der Waals surface area contributed by atoms with Crippen molar-refractivity contribution in [2.45, 2.75) is 26.2 Å². The van der Waals surface area contributed by atoms with E-state index in [1.165, 1.54) is 0 Å². The second kappa shape index (κ2) is 8.71. The standard InChI is InChI=1S/C22H25NO4/c1-2-27-19-9-7-17(8-10-19)21(24)23-13-11-16(12-14-23)15-18-5-3-4-6-20(18)22(25)26/h3-10,16H,2,11-15H2,1H3,(H,25,26). The van der Waals surface area contributed by atoms with Crippen LogP contribution in [0.25, 0.3) is 0 Å². The number of nitrogens with zero attached hydrogens (tertiary/aromatic N) is 1. The number of benzene rings is 2. The smallest absolute Gasteiger partial charge is 0.335 e. The summed E-state index contributed by atoms with van der Waals surface area (Å²) in [7, 11) is 0. The number of carbonyl (C=O) groups excluding carboxylic acids is 1. The molecule has 0 aliphatic carbocycles. The predicted octanol–water partition coefficient (Wildman–Crippen LogP) is 3.88. The van der Waals surface area contributed by atoms with Gasteiger partial charge in [-0.25, -0.2) is 4.79 Å². The lowest BCUT2D eigenvalue weighted by atomic mass is 9.88. The lowest BCUT2D eigenvalue weighted by Crippen LogP contribution is -2.39. The third-order valence-corrected chi connectivity index (χ3v) is 5.07. The molecule has 2 aromatic carbocycles. The maximum absolute atomic E-state index is 12.7. The molecule has 5 heteroatoms. The summed E-state index contributed by atoms with van der Waals surface area (Å²) in [5.41, 5.74) is 1.93. The molecular weight excluding hydrogens is 342 g/mol. The Balaban J connectivity index is 1.57. The third-order valence-electron chi connectivity index (χ3n) is 5.07. The molecule has 1 aliphatic rings. The van der Waals surface area contributed by atoms with Gasteiger partial charge in [-0.3, -0.25) is 4.79 Å². The first kappa shape index (κ1) is 19.0. The van der Waals surface area contributed by atoms with Crippen molar-refractivity contribution < 1.29 is 19.4 Å². The average molecular weight is 367 g/mol. The van der Waals surface area contributed by atoms with Crippen LogP contribution in [-0.4, -0.2) is 41.6 Å². The number of aromatic carboxylic acids is 1. The number of carbonyl (C=O) groups is 2. The van der Waals surface area contributed by atoms with E-state index in [9.17, 15) is 14.7 Å². The van der Waals surface area contributed by atoms with E-state index in [2.05, 4.69) is 0 Å². The van der Waals surface area contributed by atoms with Gasteiger partial charge in [0, 0.05) is 18.7 Å². The molecule has 27 heavy (non-hydrogen) atoms. The van der Waals surface area contributed by atoms with Gasteiger partial charge in [-0.2, -0.15) is 0 Å². The van der Waals surface area contributed by atoms with Gasteiger partial charge in [0.1, 0.15) is 5.75 Å². The Bertz CT molecular complexity index is 792. The molecule has 0 unspecified atom stereocenters.